The molecule has 0 radical (unpaired) electrons. The first-order valence-electron chi connectivity index (χ1n) is 6.25. The van der Waals surface area contributed by atoms with Gasteiger partial charge in [-0.1, -0.05) is 42.6 Å². The molecule has 1 rings (SSSR count). The van der Waals surface area contributed by atoms with E-state index in [0.717, 1.165) is 12.8 Å². The number of hydrogen-bond donors (Lipinski definition) is 1. The lowest BCUT2D eigenvalue weighted by Gasteiger charge is -2.30. The Balaban J connectivity index is 3.35. The summed E-state index contributed by atoms with van der Waals surface area (Å²) >= 11 is 3.33. The van der Waals surface area contributed by atoms with E-state index >= 15 is 0 Å². The zero-order valence-corrected chi connectivity index (χ0v) is 12.7. The van der Waals surface area contributed by atoms with Gasteiger partial charge in [0.15, 0.2) is 11.6 Å². The predicted octanol–water partition coefficient (Wildman–Crippen LogP) is 4.38. The number of hydrogen-bond acceptors (Lipinski definition) is 2. The largest absolute Gasteiger partial charge is 0.494 e. The van der Waals surface area contributed by atoms with E-state index in [2.05, 4.69) is 15.9 Å². The van der Waals surface area contributed by atoms with Gasteiger partial charge in [-0.05, 0) is 25.0 Å². The second-order valence-corrected chi connectivity index (χ2v) is 5.32. The van der Waals surface area contributed by atoms with E-state index in [-0.39, 0.29) is 5.75 Å². The lowest BCUT2D eigenvalue weighted by molar-refractivity contribution is 0.0125. The van der Waals surface area contributed by atoms with E-state index in [4.69, 9.17) is 4.74 Å². The van der Waals surface area contributed by atoms with Crippen molar-refractivity contribution in [3.63, 3.8) is 0 Å². The van der Waals surface area contributed by atoms with Gasteiger partial charge in [0.25, 0.3) is 0 Å². The van der Waals surface area contributed by atoms with Crippen molar-refractivity contribution in [2.24, 2.45) is 0 Å². The van der Waals surface area contributed by atoms with Crippen LogP contribution in [0.25, 0.3) is 0 Å². The Morgan fingerprint density at radius 1 is 1.28 bits per heavy atom. The van der Waals surface area contributed by atoms with Crippen molar-refractivity contribution in [2.45, 2.75) is 45.1 Å². The maximum absolute atomic E-state index is 14.4. The molecule has 0 fully saturated rings. The number of rotatable bonds is 6. The molecule has 0 bridgehead atoms. The van der Waals surface area contributed by atoms with Crippen LogP contribution in [0, 0.1) is 5.82 Å². The average molecular weight is 319 g/mol. The van der Waals surface area contributed by atoms with E-state index in [1.165, 1.54) is 7.11 Å². The van der Waals surface area contributed by atoms with Crippen molar-refractivity contribution in [3.05, 3.63) is 28.0 Å². The van der Waals surface area contributed by atoms with Crippen LogP contribution in [0.4, 0.5) is 4.39 Å². The van der Waals surface area contributed by atoms with Crippen LogP contribution in [-0.2, 0) is 5.60 Å². The molecule has 1 aromatic rings. The van der Waals surface area contributed by atoms with Crippen LogP contribution in [-0.4, -0.2) is 12.2 Å². The Morgan fingerprint density at radius 3 is 2.28 bits per heavy atom. The van der Waals surface area contributed by atoms with Crippen molar-refractivity contribution in [2.75, 3.05) is 7.11 Å². The van der Waals surface area contributed by atoms with Crippen LogP contribution in [0.1, 0.15) is 45.1 Å². The van der Waals surface area contributed by atoms with Gasteiger partial charge >= 0.3 is 0 Å². The van der Waals surface area contributed by atoms with Crippen LogP contribution in [0.5, 0.6) is 5.75 Å². The van der Waals surface area contributed by atoms with Gasteiger partial charge in [-0.25, -0.2) is 4.39 Å². The predicted molar refractivity (Wildman–Crippen MR) is 74.4 cm³/mol. The summed E-state index contributed by atoms with van der Waals surface area (Å²) in [5.74, 6) is -0.310. The summed E-state index contributed by atoms with van der Waals surface area (Å²) in [7, 11) is 1.43. The van der Waals surface area contributed by atoms with E-state index < -0.39 is 11.4 Å². The van der Waals surface area contributed by atoms with E-state index in [1.807, 2.05) is 13.8 Å². The molecule has 102 valence electrons. The van der Waals surface area contributed by atoms with Crippen LogP contribution in [0.2, 0.25) is 0 Å². The van der Waals surface area contributed by atoms with Crippen molar-refractivity contribution in [1.29, 1.82) is 0 Å². The highest BCUT2D eigenvalue weighted by atomic mass is 79.9. The Labute approximate surface area is 116 Å². The Kier molecular flexibility index (Phi) is 5.60. The fourth-order valence-electron chi connectivity index (χ4n) is 2.32. The number of methoxy groups -OCH3 is 1. The van der Waals surface area contributed by atoms with Gasteiger partial charge in [0.2, 0.25) is 0 Å². The summed E-state index contributed by atoms with van der Waals surface area (Å²) in [4.78, 5) is 0. The number of aliphatic hydroxyl groups is 1. The summed E-state index contributed by atoms with van der Waals surface area (Å²) in [5.41, 5.74) is -0.827. The number of halogens is 2. The molecule has 0 amide bonds. The van der Waals surface area contributed by atoms with Crippen LogP contribution < -0.4 is 4.74 Å². The van der Waals surface area contributed by atoms with Crippen molar-refractivity contribution < 1.29 is 14.2 Å². The summed E-state index contributed by atoms with van der Waals surface area (Å²) in [6.07, 6.45) is 2.65. The Morgan fingerprint density at radius 2 is 1.83 bits per heavy atom. The highest BCUT2D eigenvalue weighted by Crippen LogP contribution is 2.40. The molecular formula is C14H20BrFO2. The van der Waals surface area contributed by atoms with Gasteiger partial charge in [-0.2, -0.15) is 0 Å². The van der Waals surface area contributed by atoms with Gasteiger partial charge in [0.05, 0.1) is 12.7 Å². The van der Waals surface area contributed by atoms with E-state index in [1.54, 1.807) is 12.1 Å². The molecule has 0 aliphatic rings. The molecule has 0 saturated heterocycles. The molecule has 0 saturated carbocycles. The molecule has 18 heavy (non-hydrogen) atoms. The highest BCUT2D eigenvalue weighted by molar-refractivity contribution is 9.10. The Hall–Kier alpha value is -0.610. The first-order valence-corrected chi connectivity index (χ1v) is 7.04. The first kappa shape index (κ1) is 15.4. The zero-order valence-electron chi connectivity index (χ0n) is 11.1. The van der Waals surface area contributed by atoms with Gasteiger partial charge < -0.3 is 9.84 Å². The summed E-state index contributed by atoms with van der Waals surface area (Å²) in [6, 6.07) is 3.27. The topological polar surface area (TPSA) is 29.5 Å². The third-order valence-corrected chi connectivity index (χ3v) is 3.73. The maximum atomic E-state index is 14.4. The molecule has 0 aliphatic carbocycles. The fourth-order valence-corrected chi connectivity index (χ4v) is 3.00. The smallest absolute Gasteiger partial charge is 0.172 e. The van der Waals surface area contributed by atoms with Gasteiger partial charge in [0.1, 0.15) is 0 Å². The summed E-state index contributed by atoms with van der Waals surface area (Å²) in [6.45, 7) is 3.96. The van der Waals surface area contributed by atoms with Crippen molar-refractivity contribution >= 4 is 15.9 Å². The van der Waals surface area contributed by atoms with Crippen LogP contribution in [0.15, 0.2) is 16.6 Å². The molecule has 0 aromatic heterocycles. The fraction of sp³-hybridized carbons (Fsp3) is 0.571. The molecule has 0 atom stereocenters. The lowest BCUT2D eigenvalue weighted by Crippen LogP contribution is -2.27. The molecule has 0 unspecified atom stereocenters. The van der Waals surface area contributed by atoms with Crippen molar-refractivity contribution in [3.8, 4) is 5.75 Å². The SMILES string of the molecule is CCCC(O)(CCC)c1c(Br)ccc(OC)c1F. The first-order chi connectivity index (χ1) is 8.50. The van der Waals surface area contributed by atoms with Crippen LogP contribution in [0.3, 0.4) is 0 Å². The molecule has 1 aromatic carbocycles. The van der Waals surface area contributed by atoms with Gasteiger partial charge in [-0.15, -0.1) is 0 Å². The summed E-state index contributed by atoms with van der Waals surface area (Å²) in [5, 5.41) is 10.7. The minimum Gasteiger partial charge on any atom is -0.494 e. The highest BCUT2D eigenvalue weighted by Gasteiger charge is 2.33. The van der Waals surface area contributed by atoms with E-state index in [9.17, 15) is 9.50 Å². The third-order valence-electron chi connectivity index (χ3n) is 3.07. The quantitative estimate of drug-likeness (QED) is 0.843. The van der Waals surface area contributed by atoms with Gasteiger partial charge in [-0.3, -0.25) is 0 Å². The minimum absolute atomic E-state index is 0.166. The molecule has 0 heterocycles. The molecule has 1 N–H and O–H groups in total. The number of ether oxygens (including phenoxy) is 1. The van der Waals surface area contributed by atoms with Crippen molar-refractivity contribution in [1.82, 2.24) is 0 Å². The monoisotopic (exact) mass is 318 g/mol. The molecule has 0 spiro atoms. The van der Waals surface area contributed by atoms with Gasteiger partial charge in [0, 0.05) is 10.0 Å². The molecule has 0 aliphatic heterocycles. The maximum Gasteiger partial charge on any atom is 0.172 e. The molecular weight excluding hydrogens is 299 g/mol. The average Bonchev–Trinajstić information content (AvgIpc) is 2.29. The molecule has 2 nitrogen and oxygen atoms in total. The standard InChI is InChI=1S/C14H20BrFO2/c1-4-8-14(17,9-5-2)12-10(15)6-7-11(18-3)13(12)16/h6-7,17H,4-5,8-9H2,1-3H3. The van der Waals surface area contributed by atoms with Crippen LogP contribution >= 0.6 is 15.9 Å². The summed E-state index contributed by atoms with van der Waals surface area (Å²) < 4.78 is 19.9. The molecule has 4 heteroatoms. The lowest BCUT2D eigenvalue weighted by atomic mass is 9.85. The van der Waals surface area contributed by atoms with E-state index in [0.29, 0.717) is 22.9 Å². The minimum atomic E-state index is -1.14. The number of benzene rings is 1. The normalized spacial score (nSPS) is 11.7. The Bertz CT molecular complexity index is 401. The zero-order chi connectivity index (χ0) is 13.8. The second-order valence-electron chi connectivity index (χ2n) is 4.47. The second kappa shape index (κ2) is 6.53. The third kappa shape index (κ3) is 3.04.